The fraction of sp³-hybridized carbons (Fsp3) is 0.824. The van der Waals surface area contributed by atoms with Crippen LogP contribution in [0.5, 0.6) is 0 Å². The highest BCUT2D eigenvalue weighted by atomic mass is 16.5. The van der Waals surface area contributed by atoms with Gasteiger partial charge in [0, 0.05) is 33.2 Å². The molecule has 1 saturated heterocycles. The van der Waals surface area contributed by atoms with Crippen LogP contribution in [0.3, 0.4) is 0 Å². The highest BCUT2D eigenvalue weighted by Gasteiger charge is 2.23. The van der Waals surface area contributed by atoms with Gasteiger partial charge in [-0.3, -0.25) is 4.99 Å². The van der Waals surface area contributed by atoms with Crippen LogP contribution in [0.2, 0.25) is 0 Å². The summed E-state index contributed by atoms with van der Waals surface area (Å²) in [5.41, 5.74) is 0. The Balaban J connectivity index is 1.47. The number of rotatable bonds is 5. The van der Waals surface area contributed by atoms with Crippen LogP contribution in [0.4, 0.5) is 0 Å². The molecule has 0 radical (unpaired) electrons. The Hall–Kier alpha value is -1.67. The number of fused-ring (bicyclic) bond motifs is 1. The third-order valence-electron chi connectivity index (χ3n) is 5.14. The molecule has 0 aromatic carbocycles. The average molecular weight is 349 g/mol. The van der Waals surface area contributed by atoms with Gasteiger partial charge in [-0.2, -0.15) is 5.10 Å². The van der Waals surface area contributed by atoms with E-state index in [0.29, 0.717) is 12.6 Å². The standard InChI is InChI=1S/C17H31N7O/c1-18-17(19-10-13-6-8-23(2)9-7-13)20-14-4-5-16-21-15(12-25-3)22-24(16)11-14/h13-14H,4-12H2,1-3H3,(H2,18,19,20). The first-order chi connectivity index (χ1) is 12.2. The number of nitrogens with zero attached hydrogens (tertiary/aromatic N) is 5. The zero-order valence-corrected chi connectivity index (χ0v) is 15.7. The zero-order chi connectivity index (χ0) is 17.6. The van der Waals surface area contributed by atoms with Crippen LogP contribution < -0.4 is 10.6 Å². The van der Waals surface area contributed by atoms with Gasteiger partial charge in [-0.05, 0) is 45.3 Å². The molecule has 0 amide bonds. The zero-order valence-electron chi connectivity index (χ0n) is 15.7. The van der Waals surface area contributed by atoms with E-state index in [-0.39, 0.29) is 0 Å². The van der Waals surface area contributed by atoms with Crippen molar-refractivity contribution in [1.29, 1.82) is 0 Å². The van der Waals surface area contributed by atoms with E-state index < -0.39 is 0 Å². The summed E-state index contributed by atoms with van der Waals surface area (Å²) in [4.78, 5) is 11.3. The molecule has 140 valence electrons. The number of nitrogens with one attached hydrogen (secondary N) is 2. The number of aliphatic imine (C=N–C) groups is 1. The van der Waals surface area contributed by atoms with Gasteiger partial charge in [0.25, 0.3) is 0 Å². The molecule has 0 aliphatic carbocycles. The van der Waals surface area contributed by atoms with Crippen molar-refractivity contribution < 1.29 is 4.74 Å². The van der Waals surface area contributed by atoms with E-state index in [4.69, 9.17) is 4.74 Å². The molecular formula is C17H31N7O. The summed E-state index contributed by atoms with van der Waals surface area (Å²) in [6, 6.07) is 0.327. The number of hydrogen-bond donors (Lipinski definition) is 2. The minimum Gasteiger partial charge on any atom is -0.377 e. The van der Waals surface area contributed by atoms with Crippen LogP contribution in [0.1, 0.15) is 30.9 Å². The van der Waals surface area contributed by atoms with Gasteiger partial charge in [0.2, 0.25) is 0 Å². The van der Waals surface area contributed by atoms with E-state index in [1.165, 1.54) is 25.9 Å². The Bertz CT molecular complexity index is 578. The SMILES string of the molecule is CN=C(NCC1CCN(C)CC1)NC1CCc2nc(COC)nn2C1. The molecule has 1 atom stereocenters. The molecule has 2 aliphatic rings. The molecule has 3 heterocycles. The largest absolute Gasteiger partial charge is 0.377 e. The molecule has 1 fully saturated rings. The van der Waals surface area contributed by atoms with Crippen LogP contribution in [0.15, 0.2) is 4.99 Å². The molecule has 1 unspecified atom stereocenters. The van der Waals surface area contributed by atoms with Gasteiger partial charge >= 0.3 is 0 Å². The van der Waals surface area contributed by atoms with Gasteiger partial charge < -0.3 is 20.3 Å². The van der Waals surface area contributed by atoms with E-state index >= 15 is 0 Å². The van der Waals surface area contributed by atoms with Crippen molar-refractivity contribution in [3.05, 3.63) is 11.6 Å². The van der Waals surface area contributed by atoms with Gasteiger partial charge in [-0.1, -0.05) is 0 Å². The number of aromatic nitrogens is 3. The van der Waals surface area contributed by atoms with E-state index in [1.54, 1.807) is 7.11 Å². The number of ether oxygens (including phenoxy) is 1. The topological polar surface area (TPSA) is 79.6 Å². The lowest BCUT2D eigenvalue weighted by Crippen LogP contribution is -2.48. The van der Waals surface area contributed by atoms with E-state index in [1.807, 2.05) is 11.7 Å². The Kier molecular flexibility index (Phi) is 6.25. The fourth-order valence-electron chi connectivity index (χ4n) is 3.56. The second kappa shape index (κ2) is 8.62. The predicted molar refractivity (Wildman–Crippen MR) is 97.6 cm³/mol. The lowest BCUT2D eigenvalue weighted by Gasteiger charge is -2.30. The van der Waals surface area contributed by atoms with Crippen molar-refractivity contribution >= 4 is 5.96 Å². The molecule has 0 bridgehead atoms. The first kappa shape index (κ1) is 18.1. The Morgan fingerprint density at radius 3 is 2.84 bits per heavy atom. The molecule has 0 saturated carbocycles. The Morgan fingerprint density at radius 1 is 1.32 bits per heavy atom. The molecule has 8 nitrogen and oxygen atoms in total. The summed E-state index contributed by atoms with van der Waals surface area (Å²) in [6.45, 7) is 4.67. The molecule has 1 aromatic rings. The number of piperidine rings is 1. The van der Waals surface area contributed by atoms with Gasteiger partial charge in [0.05, 0.1) is 6.54 Å². The van der Waals surface area contributed by atoms with Crippen molar-refractivity contribution in [3.8, 4) is 0 Å². The number of hydrogen-bond acceptors (Lipinski definition) is 5. The molecule has 8 heteroatoms. The van der Waals surface area contributed by atoms with Crippen molar-refractivity contribution in [3.63, 3.8) is 0 Å². The predicted octanol–water partition coefficient (Wildman–Crippen LogP) is 0.246. The van der Waals surface area contributed by atoms with Crippen LogP contribution >= 0.6 is 0 Å². The summed E-state index contributed by atoms with van der Waals surface area (Å²) >= 11 is 0. The first-order valence-electron chi connectivity index (χ1n) is 9.25. The summed E-state index contributed by atoms with van der Waals surface area (Å²) in [7, 11) is 5.71. The number of likely N-dealkylation sites (tertiary alicyclic amines) is 1. The molecule has 1 aromatic heterocycles. The second-order valence-corrected chi connectivity index (χ2v) is 7.14. The van der Waals surface area contributed by atoms with Gasteiger partial charge in [-0.25, -0.2) is 9.67 Å². The van der Waals surface area contributed by atoms with Gasteiger partial charge in [0.1, 0.15) is 12.4 Å². The van der Waals surface area contributed by atoms with Gasteiger partial charge in [0.15, 0.2) is 11.8 Å². The maximum Gasteiger partial charge on any atom is 0.191 e. The molecule has 2 N–H and O–H groups in total. The van der Waals surface area contributed by atoms with Crippen LogP contribution in [0, 0.1) is 5.92 Å². The smallest absolute Gasteiger partial charge is 0.191 e. The van der Waals surface area contributed by atoms with Crippen molar-refractivity contribution in [2.24, 2.45) is 10.9 Å². The maximum atomic E-state index is 5.12. The lowest BCUT2D eigenvalue weighted by molar-refractivity contribution is 0.177. The Morgan fingerprint density at radius 2 is 2.12 bits per heavy atom. The van der Waals surface area contributed by atoms with E-state index in [0.717, 1.165) is 49.5 Å². The minimum atomic E-state index is 0.327. The van der Waals surface area contributed by atoms with Crippen molar-refractivity contribution in [2.75, 3.05) is 40.8 Å². The summed E-state index contributed by atoms with van der Waals surface area (Å²) in [6.07, 6.45) is 4.49. The maximum absolute atomic E-state index is 5.12. The summed E-state index contributed by atoms with van der Waals surface area (Å²) < 4.78 is 7.12. The number of aryl methyl sites for hydroxylation is 1. The molecule has 3 rings (SSSR count). The molecular weight excluding hydrogens is 318 g/mol. The third kappa shape index (κ3) is 4.92. The fourth-order valence-corrected chi connectivity index (χ4v) is 3.56. The second-order valence-electron chi connectivity index (χ2n) is 7.14. The first-order valence-corrected chi connectivity index (χ1v) is 9.25. The quantitative estimate of drug-likeness (QED) is 0.586. The van der Waals surface area contributed by atoms with Gasteiger partial charge in [-0.15, -0.1) is 0 Å². The number of methoxy groups -OCH3 is 1. The van der Waals surface area contributed by atoms with Crippen molar-refractivity contribution in [2.45, 2.75) is 44.9 Å². The lowest BCUT2D eigenvalue weighted by atomic mass is 9.97. The van der Waals surface area contributed by atoms with Crippen LogP contribution in [0.25, 0.3) is 0 Å². The molecule has 25 heavy (non-hydrogen) atoms. The normalized spacial score (nSPS) is 22.7. The third-order valence-corrected chi connectivity index (χ3v) is 5.14. The van der Waals surface area contributed by atoms with Crippen LogP contribution in [-0.4, -0.2) is 72.5 Å². The Labute approximate surface area is 150 Å². The van der Waals surface area contributed by atoms with E-state index in [2.05, 4.69) is 37.7 Å². The van der Waals surface area contributed by atoms with E-state index in [9.17, 15) is 0 Å². The number of guanidine groups is 1. The highest BCUT2D eigenvalue weighted by molar-refractivity contribution is 5.79. The summed E-state index contributed by atoms with van der Waals surface area (Å²) in [5.74, 6) is 3.45. The van der Waals surface area contributed by atoms with Crippen LogP contribution in [-0.2, 0) is 24.3 Å². The van der Waals surface area contributed by atoms with Crippen molar-refractivity contribution in [1.82, 2.24) is 30.3 Å². The summed E-state index contributed by atoms with van der Waals surface area (Å²) in [5, 5.41) is 11.6. The average Bonchev–Trinajstić information content (AvgIpc) is 3.02. The molecule has 2 aliphatic heterocycles. The molecule has 0 spiro atoms. The minimum absolute atomic E-state index is 0.327. The highest BCUT2D eigenvalue weighted by Crippen LogP contribution is 2.15. The monoisotopic (exact) mass is 349 g/mol.